The minimum Gasteiger partial charge on any atom is -0.480 e. The van der Waals surface area contributed by atoms with Crippen molar-refractivity contribution in [3.8, 4) is 0 Å². The summed E-state index contributed by atoms with van der Waals surface area (Å²) in [5.74, 6) is 2.04. The van der Waals surface area contributed by atoms with E-state index >= 15 is 0 Å². The van der Waals surface area contributed by atoms with Crippen LogP contribution in [0.2, 0.25) is 0 Å². The Morgan fingerprint density at radius 3 is 2.11 bits per heavy atom. The van der Waals surface area contributed by atoms with Crippen molar-refractivity contribution in [3.05, 3.63) is 0 Å². The molecule has 0 heterocycles. The Balaban J connectivity index is 1.61. The van der Waals surface area contributed by atoms with Crippen molar-refractivity contribution in [1.82, 2.24) is 10.2 Å². The van der Waals surface area contributed by atoms with Gasteiger partial charge in [0.05, 0.1) is 0 Å². The number of urea groups is 1. The number of rotatable bonds is 3. The zero-order valence-electron chi connectivity index (χ0n) is 11.3. The quantitative estimate of drug-likeness (QED) is 0.814. The van der Waals surface area contributed by atoms with Crippen LogP contribution in [0.15, 0.2) is 0 Å². The number of carbonyl (C=O) groups excluding carboxylic acids is 1. The van der Waals surface area contributed by atoms with Gasteiger partial charge >= 0.3 is 12.0 Å². The topological polar surface area (TPSA) is 69.6 Å². The number of aliphatic carboxylic acids is 1. The summed E-state index contributed by atoms with van der Waals surface area (Å²) in [4.78, 5) is 23.9. The number of hydrogen-bond donors (Lipinski definition) is 2. The molecular weight excluding hydrogens is 244 g/mol. The summed E-state index contributed by atoms with van der Waals surface area (Å²) >= 11 is 0. The first-order chi connectivity index (χ1) is 9.02. The molecule has 4 aliphatic carbocycles. The van der Waals surface area contributed by atoms with Crippen LogP contribution < -0.4 is 5.32 Å². The molecule has 4 bridgehead atoms. The summed E-state index contributed by atoms with van der Waals surface area (Å²) in [6.07, 6.45) is 6.40. The van der Waals surface area contributed by atoms with Crippen LogP contribution in [-0.4, -0.2) is 41.6 Å². The van der Waals surface area contributed by atoms with Gasteiger partial charge in [-0.25, -0.2) is 4.79 Å². The van der Waals surface area contributed by atoms with Gasteiger partial charge in [0.1, 0.15) is 6.54 Å². The van der Waals surface area contributed by atoms with E-state index in [-0.39, 0.29) is 18.6 Å². The highest BCUT2D eigenvalue weighted by Crippen LogP contribution is 2.53. The van der Waals surface area contributed by atoms with E-state index in [2.05, 4.69) is 5.32 Å². The van der Waals surface area contributed by atoms with Gasteiger partial charge in [-0.1, -0.05) is 0 Å². The third-order valence-electron chi connectivity index (χ3n) is 5.24. The highest BCUT2D eigenvalue weighted by Gasteiger charge is 2.48. The Morgan fingerprint density at radius 1 is 1.11 bits per heavy atom. The lowest BCUT2D eigenvalue weighted by Gasteiger charge is -2.54. The lowest BCUT2D eigenvalue weighted by molar-refractivity contribution is -0.137. The Bertz CT molecular complexity index is 368. The summed E-state index contributed by atoms with van der Waals surface area (Å²) in [7, 11) is 1.54. The zero-order chi connectivity index (χ0) is 13.6. The summed E-state index contributed by atoms with van der Waals surface area (Å²) in [6, 6.07) is 0.0384. The number of nitrogens with zero attached hydrogens (tertiary/aromatic N) is 1. The zero-order valence-corrected chi connectivity index (χ0v) is 11.3. The van der Waals surface area contributed by atoms with E-state index in [1.807, 2.05) is 0 Å². The molecule has 4 fully saturated rings. The molecule has 5 nitrogen and oxygen atoms in total. The lowest BCUT2D eigenvalue weighted by Crippen LogP contribution is -2.57. The van der Waals surface area contributed by atoms with Gasteiger partial charge in [-0.15, -0.1) is 0 Å². The second kappa shape index (κ2) is 4.69. The van der Waals surface area contributed by atoms with Crippen molar-refractivity contribution in [2.75, 3.05) is 13.6 Å². The first kappa shape index (κ1) is 12.8. The fourth-order valence-electron chi connectivity index (χ4n) is 4.69. The highest BCUT2D eigenvalue weighted by molar-refractivity contribution is 5.80. The van der Waals surface area contributed by atoms with Crippen LogP contribution in [0.5, 0.6) is 0 Å². The molecule has 0 saturated heterocycles. The smallest absolute Gasteiger partial charge is 0.323 e. The summed E-state index contributed by atoms with van der Waals surface area (Å²) < 4.78 is 0. The SMILES string of the molecule is CN(CC(=O)O)C(=O)NC1C2CC3CC(C2)CC1C3. The van der Waals surface area contributed by atoms with Crippen molar-refractivity contribution in [1.29, 1.82) is 0 Å². The normalized spacial score (nSPS) is 39.1. The van der Waals surface area contributed by atoms with E-state index in [1.54, 1.807) is 7.05 Å². The average Bonchev–Trinajstić information content (AvgIpc) is 2.31. The first-order valence-electron chi connectivity index (χ1n) is 7.26. The van der Waals surface area contributed by atoms with E-state index in [0.29, 0.717) is 11.8 Å². The molecule has 0 aromatic carbocycles. The molecule has 0 aromatic heterocycles. The molecule has 0 atom stereocenters. The van der Waals surface area contributed by atoms with E-state index in [1.165, 1.54) is 37.0 Å². The number of carbonyl (C=O) groups is 2. The van der Waals surface area contributed by atoms with Gasteiger partial charge < -0.3 is 15.3 Å². The third kappa shape index (κ3) is 2.42. The van der Waals surface area contributed by atoms with Crippen molar-refractivity contribution in [3.63, 3.8) is 0 Å². The molecule has 0 unspecified atom stereocenters. The Labute approximate surface area is 113 Å². The van der Waals surface area contributed by atoms with E-state index in [0.717, 1.165) is 11.8 Å². The highest BCUT2D eigenvalue weighted by atomic mass is 16.4. The second-order valence-electron chi connectivity index (χ2n) is 6.66. The fraction of sp³-hybridized carbons (Fsp3) is 0.857. The predicted octanol–water partition coefficient (Wildman–Crippen LogP) is 1.54. The maximum Gasteiger partial charge on any atom is 0.323 e. The number of amides is 2. The lowest BCUT2D eigenvalue weighted by atomic mass is 9.54. The van der Waals surface area contributed by atoms with E-state index in [4.69, 9.17) is 5.11 Å². The number of nitrogens with one attached hydrogen (secondary N) is 1. The van der Waals surface area contributed by atoms with E-state index in [9.17, 15) is 9.59 Å². The predicted molar refractivity (Wildman–Crippen MR) is 69.6 cm³/mol. The van der Waals surface area contributed by atoms with Crippen molar-refractivity contribution in [2.45, 2.75) is 38.1 Å². The third-order valence-corrected chi connectivity index (χ3v) is 5.24. The maximum atomic E-state index is 12.0. The Morgan fingerprint density at radius 2 is 1.63 bits per heavy atom. The molecule has 0 spiro atoms. The Kier molecular flexibility index (Phi) is 3.15. The molecule has 4 rings (SSSR count). The van der Waals surface area contributed by atoms with Crippen molar-refractivity contribution < 1.29 is 14.7 Å². The minimum atomic E-state index is -0.970. The molecule has 2 N–H and O–H groups in total. The van der Waals surface area contributed by atoms with E-state index < -0.39 is 5.97 Å². The molecule has 4 saturated carbocycles. The van der Waals surface area contributed by atoms with Crippen molar-refractivity contribution >= 4 is 12.0 Å². The van der Waals surface area contributed by atoms with Crippen molar-refractivity contribution in [2.24, 2.45) is 23.7 Å². The van der Waals surface area contributed by atoms with Crippen LogP contribution in [0.25, 0.3) is 0 Å². The molecular formula is C14H22N2O3. The number of carboxylic acid groups (broad SMARTS) is 1. The molecule has 4 aliphatic rings. The van der Waals surface area contributed by atoms with Gasteiger partial charge in [0.15, 0.2) is 0 Å². The number of likely N-dealkylation sites (N-methyl/N-ethyl adjacent to an activating group) is 1. The maximum absolute atomic E-state index is 12.0. The molecule has 0 aliphatic heterocycles. The van der Waals surface area contributed by atoms with Gasteiger partial charge in [0.2, 0.25) is 0 Å². The van der Waals surface area contributed by atoms with Gasteiger partial charge in [-0.3, -0.25) is 4.79 Å². The second-order valence-corrected chi connectivity index (χ2v) is 6.66. The standard InChI is InChI=1S/C14H22N2O3/c1-16(7-12(17)18)14(19)15-13-10-3-8-2-9(5-10)6-11(13)4-8/h8-11,13H,2-7H2,1H3,(H,15,19)(H,17,18). The van der Waals surface area contributed by atoms with Gasteiger partial charge in [0, 0.05) is 13.1 Å². The van der Waals surface area contributed by atoms with Crippen LogP contribution in [0, 0.1) is 23.7 Å². The fourth-order valence-corrected chi connectivity index (χ4v) is 4.69. The molecule has 0 aromatic rings. The summed E-state index contributed by atoms with van der Waals surface area (Å²) in [6.45, 7) is -0.237. The van der Waals surface area contributed by atoms with Crippen LogP contribution in [0.1, 0.15) is 32.1 Å². The van der Waals surface area contributed by atoms with Gasteiger partial charge in [-0.2, -0.15) is 0 Å². The molecule has 2 amide bonds. The molecule has 0 radical (unpaired) electrons. The first-order valence-corrected chi connectivity index (χ1v) is 7.26. The van der Waals surface area contributed by atoms with Gasteiger partial charge in [-0.05, 0) is 55.8 Å². The average molecular weight is 266 g/mol. The Hall–Kier alpha value is -1.26. The van der Waals surface area contributed by atoms with Crippen LogP contribution in [0.4, 0.5) is 4.79 Å². The van der Waals surface area contributed by atoms with Crippen LogP contribution in [0.3, 0.4) is 0 Å². The minimum absolute atomic E-state index is 0.236. The summed E-state index contributed by atoms with van der Waals surface area (Å²) in [5, 5.41) is 11.8. The van der Waals surface area contributed by atoms with Crippen LogP contribution in [-0.2, 0) is 4.79 Å². The number of hydrogen-bond acceptors (Lipinski definition) is 2. The summed E-state index contributed by atoms with van der Waals surface area (Å²) in [5.41, 5.74) is 0. The van der Waals surface area contributed by atoms with Gasteiger partial charge in [0.25, 0.3) is 0 Å². The monoisotopic (exact) mass is 266 g/mol. The molecule has 5 heteroatoms. The number of carboxylic acids is 1. The van der Waals surface area contributed by atoms with Crippen LogP contribution >= 0.6 is 0 Å². The molecule has 19 heavy (non-hydrogen) atoms. The molecule has 106 valence electrons. The largest absolute Gasteiger partial charge is 0.480 e.